The van der Waals surface area contributed by atoms with Gasteiger partial charge in [0.1, 0.15) is 6.10 Å². The van der Waals surface area contributed by atoms with Crippen molar-refractivity contribution in [2.75, 3.05) is 0 Å². The zero-order valence-electron chi connectivity index (χ0n) is 11.5. The highest BCUT2D eigenvalue weighted by molar-refractivity contribution is 5.82. The SMILES string of the molecule is CCCCCCC(C)(CC)C1CC=CC(=O)O1. The fraction of sp³-hybridized carbons (Fsp3) is 0.800. The topological polar surface area (TPSA) is 26.3 Å². The highest BCUT2D eigenvalue weighted by Gasteiger charge is 2.35. The van der Waals surface area contributed by atoms with E-state index < -0.39 is 0 Å². The first-order chi connectivity index (χ1) is 8.12. The molecule has 1 heterocycles. The standard InChI is InChI=1S/C15H26O2/c1-4-6-7-8-12-15(3,5-2)13-10-9-11-14(16)17-13/h9,11,13H,4-8,10,12H2,1-3H3. The third-order valence-electron chi connectivity index (χ3n) is 4.05. The third-order valence-corrected chi connectivity index (χ3v) is 4.05. The van der Waals surface area contributed by atoms with Crippen LogP contribution >= 0.6 is 0 Å². The molecule has 0 aromatic rings. The van der Waals surface area contributed by atoms with Crippen molar-refractivity contribution in [1.82, 2.24) is 0 Å². The molecule has 0 N–H and O–H groups in total. The van der Waals surface area contributed by atoms with Crippen LogP contribution in [0.3, 0.4) is 0 Å². The summed E-state index contributed by atoms with van der Waals surface area (Å²) < 4.78 is 5.47. The van der Waals surface area contributed by atoms with E-state index in [9.17, 15) is 4.79 Å². The summed E-state index contributed by atoms with van der Waals surface area (Å²) in [5.41, 5.74) is 0.147. The van der Waals surface area contributed by atoms with Crippen LogP contribution in [0, 0.1) is 5.41 Å². The molecule has 2 heteroatoms. The Balaban J connectivity index is 2.49. The van der Waals surface area contributed by atoms with Crippen molar-refractivity contribution in [1.29, 1.82) is 0 Å². The summed E-state index contributed by atoms with van der Waals surface area (Å²) >= 11 is 0. The molecule has 1 aliphatic heterocycles. The molecule has 1 aliphatic rings. The Morgan fingerprint density at radius 2 is 2.12 bits per heavy atom. The second-order valence-corrected chi connectivity index (χ2v) is 5.38. The molecular formula is C15H26O2. The van der Waals surface area contributed by atoms with E-state index in [2.05, 4.69) is 20.8 Å². The van der Waals surface area contributed by atoms with Gasteiger partial charge >= 0.3 is 5.97 Å². The highest BCUT2D eigenvalue weighted by Crippen LogP contribution is 2.37. The van der Waals surface area contributed by atoms with Crippen LogP contribution in [0.5, 0.6) is 0 Å². The highest BCUT2D eigenvalue weighted by atomic mass is 16.5. The molecule has 0 amide bonds. The maximum atomic E-state index is 11.3. The van der Waals surface area contributed by atoms with Crippen molar-refractivity contribution in [2.24, 2.45) is 5.41 Å². The lowest BCUT2D eigenvalue weighted by atomic mass is 9.75. The number of ether oxygens (including phenoxy) is 1. The zero-order chi connectivity index (χ0) is 12.7. The first-order valence-corrected chi connectivity index (χ1v) is 6.99. The van der Waals surface area contributed by atoms with E-state index in [1.807, 2.05) is 6.08 Å². The number of esters is 1. The first-order valence-electron chi connectivity index (χ1n) is 6.99. The van der Waals surface area contributed by atoms with Gasteiger partial charge in [0.15, 0.2) is 0 Å². The molecule has 0 aliphatic carbocycles. The van der Waals surface area contributed by atoms with Crippen LogP contribution in [0.1, 0.15) is 65.7 Å². The van der Waals surface area contributed by atoms with Crippen LogP contribution in [0.15, 0.2) is 12.2 Å². The van der Waals surface area contributed by atoms with E-state index in [0.717, 1.165) is 19.3 Å². The van der Waals surface area contributed by atoms with Gasteiger partial charge in [-0.05, 0) is 12.8 Å². The Kier molecular flexibility index (Phi) is 5.73. The fourth-order valence-electron chi connectivity index (χ4n) is 2.46. The molecule has 2 nitrogen and oxygen atoms in total. The molecule has 0 saturated carbocycles. The van der Waals surface area contributed by atoms with E-state index in [4.69, 9.17) is 4.74 Å². The van der Waals surface area contributed by atoms with E-state index in [1.54, 1.807) is 6.08 Å². The molecule has 0 fully saturated rings. The van der Waals surface area contributed by atoms with E-state index in [0.29, 0.717) is 0 Å². The summed E-state index contributed by atoms with van der Waals surface area (Å²) in [6.45, 7) is 6.69. The van der Waals surface area contributed by atoms with Gasteiger partial charge in [-0.25, -0.2) is 4.79 Å². The van der Waals surface area contributed by atoms with Crippen molar-refractivity contribution in [3.63, 3.8) is 0 Å². The molecular weight excluding hydrogens is 212 g/mol. The number of carbonyl (C=O) groups excluding carboxylic acids is 1. The minimum absolute atomic E-state index is 0.0756. The summed E-state index contributed by atoms with van der Waals surface area (Å²) in [4.78, 5) is 11.3. The molecule has 0 radical (unpaired) electrons. The van der Waals surface area contributed by atoms with Crippen LogP contribution in [0.4, 0.5) is 0 Å². The van der Waals surface area contributed by atoms with Gasteiger partial charge in [0, 0.05) is 17.9 Å². The first kappa shape index (κ1) is 14.3. The second-order valence-electron chi connectivity index (χ2n) is 5.38. The van der Waals surface area contributed by atoms with E-state index in [-0.39, 0.29) is 17.5 Å². The maximum absolute atomic E-state index is 11.3. The van der Waals surface area contributed by atoms with E-state index in [1.165, 1.54) is 25.7 Å². The fourth-order valence-corrected chi connectivity index (χ4v) is 2.46. The van der Waals surface area contributed by atoms with Gasteiger partial charge in [0.2, 0.25) is 0 Å². The number of hydrogen-bond donors (Lipinski definition) is 0. The van der Waals surface area contributed by atoms with Crippen LogP contribution in [0.2, 0.25) is 0 Å². The summed E-state index contributed by atoms with van der Waals surface area (Å²) in [7, 11) is 0. The number of unbranched alkanes of at least 4 members (excludes halogenated alkanes) is 3. The van der Waals surface area contributed by atoms with Crippen LogP contribution in [-0.4, -0.2) is 12.1 Å². The van der Waals surface area contributed by atoms with Gasteiger partial charge in [-0.1, -0.05) is 52.5 Å². The Labute approximate surface area is 105 Å². The minimum atomic E-state index is -0.172. The number of cyclic esters (lactones) is 1. The predicted octanol–water partition coefficient (Wildman–Crippen LogP) is 4.24. The summed E-state index contributed by atoms with van der Waals surface area (Å²) in [6.07, 6.45) is 11.8. The maximum Gasteiger partial charge on any atom is 0.330 e. The molecule has 2 atom stereocenters. The van der Waals surface area contributed by atoms with Crippen molar-refractivity contribution in [2.45, 2.75) is 71.8 Å². The Morgan fingerprint density at radius 1 is 1.35 bits per heavy atom. The van der Waals surface area contributed by atoms with Gasteiger partial charge in [-0.15, -0.1) is 0 Å². The largest absolute Gasteiger partial charge is 0.458 e. The number of hydrogen-bond acceptors (Lipinski definition) is 2. The lowest BCUT2D eigenvalue weighted by Gasteiger charge is -2.37. The van der Waals surface area contributed by atoms with Crippen molar-refractivity contribution in [3.8, 4) is 0 Å². The van der Waals surface area contributed by atoms with E-state index >= 15 is 0 Å². The lowest BCUT2D eigenvalue weighted by Crippen LogP contribution is -2.37. The predicted molar refractivity (Wildman–Crippen MR) is 70.8 cm³/mol. The van der Waals surface area contributed by atoms with Gasteiger partial charge < -0.3 is 4.74 Å². The van der Waals surface area contributed by atoms with Crippen LogP contribution in [-0.2, 0) is 9.53 Å². The Bertz CT molecular complexity index is 270. The third kappa shape index (κ3) is 4.18. The number of rotatable bonds is 7. The Morgan fingerprint density at radius 3 is 2.71 bits per heavy atom. The lowest BCUT2D eigenvalue weighted by molar-refractivity contribution is -0.151. The normalized spacial score (nSPS) is 23.2. The molecule has 0 bridgehead atoms. The smallest absolute Gasteiger partial charge is 0.330 e. The van der Waals surface area contributed by atoms with Crippen LogP contribution < -0.4 is 0 Å². The summed E-state index contributed by atoms with van der Waals surface area (Å²) in [5, 5.41) is 0. The molecule has 98 valence electrons. The van der Waals surface area contributed by atoms with Gasteiger partial charge in [0.05, 0.1) is 0 Å². The molecule has 1 rings (SSSR count). The molecule has 2 unspecified atom stereocenters. The van der Waals surface area contributed by atoms with Crippen molar-refractivity contribution < 1.29 is 9.53 Å². The molecule has 0 aromatic heterocycles. The van der Waals surface area contributed by atoms with Crippen molar-refractivity contribution >= 4 is 5.97 Å². The number of carbonyl (C=O) groups is 1. The van der Waals surface area contributed by atoms with Crippen LogP contribution in [0.25, 0.3) is 0 Å². The molecule has 17 heavy (non-hydrogen) atoms. The van der Waals surface area contributed by atoms with Gasteiger partial charge in [0.25, 0.3) is 0 Å². The monoisotopic (exact) mass is 238 g/mol. The minimum Gasteiger partial charge on any atom is -0.458 e. The zero-order valence-corrected chi connectivity index (χ0v) is 11.5. The van der Waals surface area contributed by atoms with Gasteiger partial charge in [-0.2, -0.15) is 0 Å². The Hall–Kier alpha value is -0.790. The average Bonchev–Trinajstić information content (AvgIpc) is 2.34. The summed E-state index contributed by atoms with van der Waals surface area (Å²) in [5.74, 6) is -0.172. The molecule has 0 aromatic carbocycles. The second kappa shape index (κ2) is 6.83. The quantitative estimate of drug-likeness (QED) is 0.489. The van der Waals surface area contributed by atoms with Crippen molar-refractivity contribution in [3.05, 3.63) is 12.2 Å². The van der Waals surface area contributed by atoms with Gasteiger partial charge in [-0.3, -0.25) is 0 Å². The average molecular weight is 238 g/mol. The molecule has 0 spiro atoms. The molecule has 0 saturated heterocycles. The summed E-state index contributed by atoms with van der Waals surface area (Å²) in [6, 6.07) is 0.